The van der Waals surface area contributed by atoms with E-state index < -0.39 is 17.8 Å². The molecule has 0 bridgehead atoms. The van der Waals surface area contributed by atoms with Gasteiger partial charge >= 0.3 is 6.18 Å². The fourth-order valence-electron chi connectivity index (χ4n) is 1.35. The summed E-state index contributed by atoms with van der Waals surface area (Å²) < 4.78 is 36.9. The number of benzene rings is 1. The quantitative estimate of drug-likeness (QED) is 0.781. The summed E-state index contributed by atoms with van der Waals surface area (Å²) >= 11 is 0. The highest BCUT2D eigenvalue weighted by molar-refractivity contribution is 5.26. The molecule has 1 N–H and O–H groups in total. The zero-order valence-electron chi connectivity index (χ0n) is 9.47. The smallest absolute Gasteiger partial charge is 0.388 e. The van der Waals surface area contributed by atoms with Crippen molar-refractivity contribution < 1.29 is 18.3 Å². The minimum Gasteiger partial charge on any atom is -0.388 e. The summed E-state index contributed by atoms with van der Waals surface area (Å²) in [5, 5.41) is 9.87. The lowest BCUT2D eigenvalue weighted by Crippen LogP contribution is -2.18. The largest absolute Gasteiger partial charge is 0.416 e. The maximum absolute atomic E-state index is 12.3. The molecule has 0 heterocycles. The van der Waals surface area contributed by atoms with E-state index in [0.717, 1.165) is 12.1 Å². The van der Waals surface area contributed by atoms with Crippen LogP contribution >= 0.6 is 0 Å². The standard InChI is InChI=1S/C12H15F3O/c1-11(2,3)10(16)8-4-6-9(7-5-8)12(13,14)15/h4-7,10,16H,1-3H3/t10-/m1/s1. The van der Waals surface area contributed by atoms with Gasteiger partial charge in [-0.15, -0.1) is 0 Å². The number of halogens is 3. The Kier molecular flexibility index (Phi) is 3.33. The van der Waals surface area contributed by atoms with Gasteiger partial charge in [-0.1, -0.05) is 32.9 Å². The molecule has 0 radical (unpaired) electrons. The van der Waals surface area contributed by atoms with Crippen LogP contribution in [0.3, 0.4) is 0 Å². The Balaban J connectivity index is 2.96. The highest BCUT2D eigenvalue weighted by Gasteiger charge is 2.31. The fraction of sp³-hybridized carbons (Fsp3) is 0.500. The second kappa shape index (κ2) is 4.09. The summed E-state index contributed by atoms with van der Waals surface area (Å²) in [6, 6.07) is 4.62. The molecular formula is C12H15F3O. The molecule has 16 heavy (non-hydrogen) atoms. The van der Waals surface area contributed by atoms with E-state index in [0.29, 0.717) is 5.56 Å². The van der Waals surface area contributed by atoms with Gasteiger partial charge in [-0.05, 0) is 23.1 Å². The van der Waals surface area contributed by atoms with E-state index in [1.54, 1.807) is 0 Å². The highest BCUT2D eigenvalue weighted by Crippen LogP contribution is 2.34. The Labute approximate surface area is 92.9 Å². The molecule has 0 aliphatic carbocycles. The molecule has 0 aliphatic heterocycles. The summed E-state index contributed by atoms with van der Waals surface area (Å²) in [6.45, 7) is 5.49. The molecule has 0 fully saturated rings. The van der Waals surface area contributed by atoms with Gasteiger partial charge in [-0.3, -0.25) is 0 Å². The molecule has 4 heteroatoms. The second-order valence-electron chi connectivity index (χ2n) is 4.89. The molecule has 1 rings (SSSR count). The van der Waals surface area contributed by atoms with E-state index in [2.05, 4.69) is 0 Å². The molecule has 1 aromatic rings. The molecule has 1 nitrogen and oxygen atoms in total. The first-order valence-corrected chi connectivity index (χ1v) is 4.97. The van der Waals surface area contributed by atoms with Crippen LogP contribution in [0.25, 0.3) is 0 Å². The SMILES string of the molecule is CC(C)(C)[C@H](O)c1ccc(C(F)(F)F)cc1. The minimum absolute atomic E-state index is 0.389. The number of hydrogen-bond donors (Lipinski definition) is 1. The predicted molar refractivity (Wildman–Crippen MR) is 55.9 cm³/mol. The van der Waals surface area contributed by atoms with Crippen LogP contribution in [0.4, 0.5) is 13.2 Å². The van der Waals surface area contributed by atoms with Gasteiger partial charge in [0.1, 0.15) is 0 Å². The van der Waals surface area contributed by atoms with E-state index in [1.165, 1.54) is 12.1 Å². The first kappa shape index (κ1) is 13.0. The van der Waals surface area contributed by atoms with Crippen LogP contribution < -0.4 is 0 Å². The molecule has 0 spiro atoms. The highest BCUT2D eigenvalue weighted by atomic mass is 19.4. The average molecular weight is 232 g/mol. The third kappa shape index (κ3) is 2.98. The van der Waals surface area contributed by atoms with Gasteiger partial charge < -0.3 is 5.11 Å². The first-order valence-electron chi connectivity index (χ1n) is 4.97. The number of aliphatic hydroxyl groups is 1. The maximum atomic E-state index is 12.3. The van der Waals surface area contributed by atoms with Crippen molar-refractivity contribution in [1.82, 2.24) is 0 Å². The summed E-state index contributed by atoms with van der Waals surface area (Å²) in [5.41, 5.74) is -0.586. The lowest BCUT2D eigenvalue weighted by atomic mass is 9.84. The van der Waals surface area contributed by atoms with E-state index in [1.807, 2.05) is 20.8 Å². The number of aliphatic hydroxyl groups excluding tert-OH is 1. The fourth-order valence-corrected chi connectivity index (χ4v) is 1.35. The summed E-state index contributed by atoms with van der Waals surface area (Å²) in [7, 11) is 0. The number of rotatable bonds is 1. The number of alkyl halides is 3. The van der Waals surface area contributed by atoms with Gasteiger partial charge in [0.15, 0.2) is 0 Å². The van der Waals surface area contributed by atoms with Crippen LogP contribution in [0.2, 0.25) is 0 Å². The normalized spacial score (nSPS) is 14.9. The topological polar surface area (TPSA) is 20.2 Å². The molecule has 1 aromatic carbocycles. The summed E-state index contributed by atoms with van der Waals surface area (Å²) in [6.07, 6.45) is -5.10. The molecule has 0 unspecified atom stereocenters. The van der Waals surface area contributed by atoms with Crippen LogP contribution in [-0.4, -0.2) is 5.11 Å². The molecule has 0 aliphatic rings. The minimum atomic E-state index is -4.33. The summed E-state index contributed by atoms with van der Waals surface area (Å²) in [4.78, 5) is 0. The molecular weight excluding hydrogens is 217 g/mol. The average Bonchev–Trinajstić information content (AvgIpc) is 2.14. The van der Waals surface area contributed by atoms with E-state index in [9.17, 15) is 18.3 Å². The molecule has 90 valence electrons. The van der Waals surface area contributed by atoms with Crippen molar-refractivity contribution in [2.45, 2.75) is 33.1 Å². The van der Waals surface area contributed by atoms with Gasteiger partial charge in [0, 0.05) is 0 Å². The predicted octanol–water partition coefficient (Wildman–Crippen LogP) is 3.78. The first-order chi connectivity index (χ1) is 7.12. The molecule has 0 saturated heterocycles. The van der Waals surface area contributed by atoms with E-state index in [4.69, 9.17) is 0 Å². The lowest BCUT2D eigenvalue weighted by Gasteiger charge is -2.26. The lowest BCUT2D eigenvalue weighted by molar-refractivity contribution is -0.137. The molecule has 0 saturated carbocycles. The zero-order valence-corrected chi connectivity index (χ0v) is 9.47. The van der Waals surface area contributed by atoms with Gasteiger partial charge in [0.2, 0.25) is 0 Å². The Hall–Kier alpha value is -1.03. The van der Waals surface area contributed by atoms with Crippen molar-refractivity contribution in [2.75, 3.05) is 0 Å². The van der Waals surface area contributed by atoms with E-state index >= 15 is 0 Å². The van der Waals surface area contributed by atoms with Crippen LogP contribution in [0.5, 0.6) is 0 Å². The van der Waals surface area contributed by atoms with Gasteiger partial charge in [-0.25, -0.2) is 0 Å². The Bertz CT molecular complexity index is 346. The second-order valence-corrected chi connectivity index (χ2v) is 4.89. The third-order valence-electron chi connectivity index (χ3n) is 2.37. The molecule has 0 aromatic heterocycles. The Morgan fingerprint density at radius 2 is 1.44 bits per heavy atom. The molecule has 1 atom stereocenters. The van der Waals surface area contributed by atoms with Crippen molar-refractivity contribution in [3.8, 4) is 0 Å². The number of hydrogen-bond acceptors (Lipinski definition) is 1. The molecule has 0 amide bonds. The Morgan fingerprint density at radius 3 is 1.75 bits per heavy atom. The monoisotopic (exact) mass is 232 g/mol. The van der Waals surface area contributed by atoms with Gasteiger partial charge in [0.25, 0.3) is 0 Å². The Morgan fingerprint density at radius 1 is 1.00 bits per heavy atom. The van der Waals surface area contributed by atoms with Crippen molar-refractivity contribution in [1.29, 1.82) is 0 Å². The maximum Gasteiger partial charge on any atom is 0.416 e. The third-order valence-corrected chi connectivity index (χ3v) is 2.37. The van der Waals surface area contributed by atoms with Crippen molar-refractivity contribution in [2.24, 2.45) is 5.41 Å². The summed E-state index contributed by atoms with van der Waals surface area (Å²) in [5.74, 6) is 0. The van der Waals surface area contributed by atoms with E-state index in [-0.39, 0.29) is 5.41 Å². The zero-order chi connectivity index (χ0) is 12.6. The van der Waals surface area contributed by atoms with Crippen molar-refractivity contribution >= 4 is 0 Å². The van der Waals surface area contributed by atoms with Gasteiger partial charge in [0.05, 0.1) is 11.7 Å². The van der Waals surface area contributed by atoms with Crippen LogP contribution in [0, 0.1) is 5.41 Å². The van der Waals surface area contributed by atoms with Crippen molar-refractivity contribution in [3.63, 3.8) is 0 Å². The van der Waals surface area contributed by atoms with Crippen LogP contribution in [-0.2, 0) is 6.18 Å². The van der Waals surface area contributed by atoms with Crippen LogP contribution in [0.15, 0.2) is 24.3 Å². The van der Waals surface area contributed by atoms with Crippen molar-refractivity contribution in [3.05, 3.63) is 35.4 Å². The van der Waals surface area contributed by atoms with Crippen LogP contribution in [0.1, 0.15) is 38.0 Å². The van der Waals surface area contributed by atoms with Gasteiger partial charge in [-0.2, -0.15) is 13.2 Å².